The summed E-state index contributed by atoms with van der Waals surface area (Å²) >= 11 is 0. The minimum absolute atomic E-state index is 0.0741. The Morgan fingerprint density at radius 2 is 1.90 bits per heavy atom. The predicted octanol–water partition coefficient (Wildman–Crippen LogP) is 3.91. The summed E-state index contributed by atoms with van der Waals surface area (Å²) in [5, 5.41) is 3.59. The lowest BCUT2D eigenvalue weighted by atomic mass is 9.85. The molecule has 3 rings (SSSR count). The number of benzene rings is 1. The molecule has 21 heavy (non-hydrogen) atoms. The third-order valence-corrected chi connectivity index (χ3v) is 5.35. The van der Waals surface area contributed by atoms with Gasteiger partial charge in [-0.2, -0.15) is 0 Å². The maximum Gasteiger partial charge on any atom is 0.179 e. The Morgan fingerprint density at radius 1 is 1.14 bits per heavy atom. The van der Waals surface area contributed by atoms with Crippen molar-refractivity contribution in [3.8, 4) is 0 Å². The number of hydrogen-bond donors (Lipinski definition) is 1. The molecule has 1 aromatic carbocycles. The van der Waals surface area contributed by atoms with Gasteiger partial charge in [0.15, 0.2) is 5.78 Å². The second-order valence-electron chi connectivity index (χ2n) is 6.96. The average Bonchev–Trinajstić information content (AvgIpc) is 2.96. The van der Waals surface area contributed by atoms with Crippen LogP contribution < -0.4 is 5.32 Å². The molecule has 0 amide bonds. The Labute approximate surface area is 128 Å². The molecule has 114 valence electrons. The summed E-state index contributed by atoms with van der Waals surface area (Å²) in [7, 11) is 0. The van der Waals surface area contributed by atoms with Gasteiger partial charge in [-0.1, -0.05) is 31.9 Å². The maximum atomic E-state index is 12.7. The molecule has 0 bridgehead atoms. The van der Waals surface area contributed by atoms with Crippen molar-refractivity contribution in [3.05, 3.63) is 34.9 Å². The van der Waals surface area contributed by atoms with E-state index in [9.17, 15) is 4.79 Å². The fraction of sp³-hybridized carbons (Fsp3) is 0.632. The lowest BCUT2D eigenvalue weighted by Gasteiger charge is -2.31. The smallest absolute Gasteiger partial charge is 0.179 e. The first kappa shape index (κ1) is 14.8. The van der Waals surface area contributed by atoms with Crippen LogP contribution >= 0.6 is 0 Å². The number of rotatable bonds is 4. The Kier molecular flexibility index (Phi) is 4.44. The van der Waals surface area contributed by atoms with E-state index in [1.807, 2.05) is 13.0 Å². The molecule has 0 heterocycles. The van der Waals surface area contributed by atoms with Gasteiger partial charge in [0, 0.05) is 11.6 Å². The topological polar surface area (TPSA) is 29.1 Å². The number of hydrogen-bond acceptors (Lipinski definition) is 2. The molecular weight excluding hydrogens is 258 g/mol. The summed E-state index contributed by atoms with van der Waals surface area (Å²) in [6.45, 7) is 4.33. The maximum absolute atomic E-state index is 12.7. The molecule has 2 aliphatic rings. The van der Waals surface area contributed by atoms with E-state index in [1.54, 1.807) is 0 Å². The SMILES string of the molecule is CC(NC1CCCCC1C)C(=O)c1ccc2c(c1)CCC2. The highest BCUT2D eigenvalue weighted by molar-refractivity contribution is 6.00. The Bertz CT molecular complexity index is 522. The van der Waals surface area contributed by atoms with Crippen molar-refractivity contribution in [1.82, 2.24) is 5.32 Å². The molecule has 0 saturated heterocycles. The molecule has 2 aliphatic carbocycles. The van der Waals surface area contributed by atoms with Gasteiger partial charge >= 0.3 is 0 Å². The fourth-order valence-corrected chi connectivity index (χ4v) is 3.94. The van der Waals surface area contributed by atoms with Crippen LogP contribution in [-0.4, -0.2) is 17.9 Å². The van der Waals surface area contributed by atoms with E-state index >= 15 is 0 Å². The number of aryl methyl sites for hydroxylation is 2. The van der Waals surface area contributed by atoms with Gasteiger partial charge in [0.25, 0.3) is 0 Å². The predicted molar refractivity (Wildman–Crippen MR) is 86.8 cm³/mol. The van der Waals surface area contributed by atoms with Crippen LogP contribution in [0.2, 0.25) is 0 Å². The minimum atomic E-state index is -0.0741. The van der Waals surface area contributed by atoms with Gasteiger partial charge < -0.3 is 5.32 Å². The summed E-state index contributed by atoms with van der Waals surface area (Å²) in [5.74, 6) is 0.941. The van der Waals surface area contributed by atoms with Crippen LogP contribution in [0.3, 0.4) is 0 Å². The van der Waals surface area contributed by atoms with Crippen molar-refractivity contribution < 1.29 is 4.79 Å². The normalized spacial score (nSPS) is 26.4. The highest BCUT2D eigenvalue weighted by atomic mass is 16.1. The Balaban J connectivity index is 1.66. The number of carbonyl (C=O) groups is 1. The monoisotopic (exact) mass is 285 g/mol. The van der Waals surface area contributed by atoms with E-state index in [4.69, 9.17) is 0 Å². The van der Waals surface area contributed by atoms with Crippen LogP contribution in [0.15, 0.2) is 18.2 Å². The first-order chi connectivity index (χ1) is 10.1. The van der Waals surface area contributed by atoms with Gasteiger partial charge in [0.05, 0.1) is 6.04 Å². The van der Waals surface area contributed by atoms with Gasteiger partial charge in [-0.25, -0.2) is 0 Å². The highest BCUT2D eigenvalue weighted by Gasteiger charge is 2.25. The Morgan fingerprint density at radius 3 is 2.71 bits per heavy atom. The molecule has 1 N–H and O–H groups in total. The van der Waals surface area contributed by atoms with E-state index < -0.39 is 0 Å². The molecule has 0 aliphatic heterocycles. The molecule has 0 radical (unpaired) electrons. The summed E-state index contributed by atoms with van der Waals surface area (Å²) in [6, 6.07) is 6.75. The van der Waals surface area contributed by atoms with Gasteiger partial charge in [0.1, 0.15) is 0 Å². The number of nitrogens with one attached hydrogen (secondary N) is 1. The number of fused-ring (bicyclic) bond motifs is 1. The highest BCUT2D eigenvalue weighted by Crippen LogP contribution is 2.25. The molecule has 3 atom stereocenters. The van der Waals surface area contributed by atoms with E-state index in [-0.39, 0.29) is 11.8 Å². The van der Waals surface area contributed by atoms with Crippen LogP contribution in [0.4, 0.5) is 0 Å². The molecule has 0 spiro atoms. The first-order valence-corrected chi connectivity index (χ1v) is 8.57. The molecule has 1 saturated carbocycles. The zero-order valence-corrected chi connectivity index (χ0v) is 13.3. The molecular formula is C19H27NO. The van der Waals surface area contributed by atoms with Crippen molar-refractivity contribution in [3.63, 3.8) is 0 Å². The van der Waals surface area contributed by atoms with Crippen LogP contribution in [0.1, 0.15) is 67.4 Å². The van der Waals surface area contributed by atoms with Crippen molar-refractivity contribution in [2.24, 2.45) is 5.92 Å². The quantitative estimate of drug-likeness (QED) is 0.850. The molecule has 0 aromatic heterocycles. The first-order valence-electron chi connectivity index (χ1n) is 8.57. The Hall–Kier alpha value is -1.15. The van der Waals surface area contributed by atoms with Crippen LogP contribution in [0.25, 0.3) is 0 Å². The number of carbonyl (C=O) groups excluding carboxylic acids is 1. The third kappa shape index (κ3) is 3.21. The van der Waals surface area contributed by atoms with Crippen LogP contribution in [0.5, 0.6) is 0 Å². The van der Waals surface area contributed by atoms with E-state index in [0.717, 1.165) is 12.0 Å². The van der Waals surface area contributed by atoms with Crippen molar-refractivity contribution >= 4 is 5.78 Å². The summed E-state index contributed by atoms with van der Waals surface area (Å²) in [4.78, 5) is 12.7. The van der Waals surface area contributed by atoms with E-state index in [1.165, 1.54) is 49.7 Å². The molecule has 2 nitrogen and oxygen atoms in total. The van der Waals surface area contributed by atoms with Crippen molar-refractivity contribution in [2.45, 2.75) is 70.9 Å². The zero-order chi connectivity index (χ0) is 14.8. The fourth-order valence-electron chi connectivity index (χ4n) is 3.94. The van der Waals surface area contributed by atoms with Crippen molar-refractivity contribution in [2.75, 3.05) is 0 Å². The number of ketones is 1. The van der Waals surface area contributed by atoms with Crippen LogP contribution in [-0.2, 0) is 12.8 Å². The zero-order valence-electron chi connectivity index (χ0n) is 13.3. The van der Waals surface area contributed by atoms with Crippen LogP contribution in [0, 0.1) is 5.92 Å². The largest absolute Gasteiger partial charge is 0.304 e. The lowest BCUT2D eigenvalue weighted by Crippen LogP contribution is -2.45. The second kappa shape index (κ2) is 6.31. The van der Waals surface area contributed by atoms with Crippen molar-refractivity contribution in [1.29, 1.82) is 0 Å². The molecule has 1 fully saturated rings. The number of Topliss-reactive ketones (excluding diaryl/α,β-unsaturated/α-hetero) is 1. The average molecular weight is 285 g/mol. The minimum Gasteiger partial charge on any atom is -0.304 e. The second-order valence-corrected chi connectivity index (χ2v) is 6.96. The summed E-state index contributed by atoms with van der Waals surface area (Å²) in [5.41, 5.74) is 3.71. The van der Waals surface area contributed by atoms with Gasteiger partial charge in [-0.05, 0) is 62.1 Å². The molecule has 1 aromatic rings. The third-order valence-electron chi connectivity index (χ3n) is 5.35. The molecule has 3 unspecified atom stereocenters. The van der Waals surface area contributed by atoms with Gasteiger partial charge in [-0.3, -0.25) is 4.79 Å². The molecule has 2 heteroatoms. The standard InChI is InChI=1S/C19H27NO/c1-13-6-3-4-9-18(13)20-14(2)19(21)17-11-10-15-7-5-8-16(15)12-17/h10-14,18,20H,3-9H2,1-2H3. The van der Waals surface area contributed by atoms with Gasteiger partial charge in [0.2, 0.25) is 0 Å². The van der Waals surface area contributed by atoms with Gasteiger partial charge in [-0.15, -0.1) is 0 Å². The summed E-state index contributed by atoms with van der Waals surface area (Å²) < 4.78 is 0. The summed E-state index contributed by atoms with van der Waals surface area (Å²) in [6.07, 6.45) is 8.68. The van der Waals surface area contributed by atoms with E-state index in [2.05, 4.69) is 24.4 Å². The lowest BCUT2D eigenvalue weighted by molar-refractivity contribution is 0.0932. The van der Waals surface area contributed by atoms with E-state index in [0.29, 0.717) is 12.0 Å².